The smallest absolute Gasteiger partial charge is 0.202 e. The maximum Gasteiger partial charge on any atom is 0.202 e. The Bertz CT molecular complexity index is 934. The number of ether oxygens (including phenoxy) is 1. The predicted octanol–water partition coefficient (Wildman–Crippen LogP) is 4.37. The van der Waals surface area contributed by atoms with Gasteiger partial charge in [-0.15, -0.1) is 0 Å². The Balaban J connectivity index is 1.44. The van der Waals surface area contributed by atoms with Gasteiger partial charge in [0.1, 0.15) is 12.1 Å². The number of rotatable bonds is 3. The first-order chi connectivity index (χ1) is 13.1. The lowest BCUT2D eigenvalue weighted by Gasteiger charge is -2.43. The van der Waals surface area contributed by atoms with Gasteiger partial charge in [0.25, 0.3) is 0 Å². The minimum Gasteiger partial charge on any atom is -0.478 e. The van der Waals surface area contributed by atoms with Crippen molar-refractivity contribution < 1.29 is 14.0 Å². The van der Waals surface area contributed by atoms with Gasteiger partial charge in [-0.05, 0) is 55.9 Å². The molecule has 2 aliphatic rings. The summed E-state index contributed by atoms with van der Waals surface area (Å²) in [6, 6.07) is 3.81. The van der Waals surface area contributed by atoms with E-state index >= 15 is 0 Å². The van der Waals surface area contributed by atoms with E-state index in [0.29, 0.717) is 18.6 Å². The van der Waals surface area contributed by atoms with E-state index in [1.54, 1.807) is 10.6 Å². The SMILES string of the molecule is CC(C)(C)[Si](C)(C)OC1CCC2(CC1)OC(c1ccc3ncnn3c1)=CC2=O. The van der Waals surface area contributed by atoms with Crippen LogP contribution in [0.2, 0.25) is 18.1 Å². The second-order valence-corrected chi connectivity index (χ2v) is 14.3. The van der Waals surface area contributed by atoms with Gasteiger partial charge in [0, 0.05) is 23.9 Å². The van der Waals surface area contributed by atoms with Gasteiger partial charge < -0.3 is 9.16 Å². The van der Waals surface area contributed by atoms with Crippen LogP contribution in [0.5, 0.6) is 0 Å². The van der Waals surface area contributed by atoms with E-state index in [-0.39, 0.29) is 16.9 Å². The van der Waals surface area contributed by atoms with E-state index in [1.807, 2.05) is 18.3 Å². The van der Waals surface area contributed by atoms with Gasteiger partial charge in [-0.25, -0.2) is 9.50 Å². The summed E-state index contributed by atoms with van der Waals surface area (Å²) in [7, 11) is -1.80. The number of hydrogen-bond donors (Lipinski definition) is 0. The lowest BCUT2D eigenvalue weighted by atomic mass is 9.81. The van der Waals surface area contributed by atoms with Crippen molar-refractivity contribution in [3.8, 4) is 0 Å². The van der Waals surface area contributed by atoms with Crippen molar-refractivity contribution in [3.63, 3.8) is 0 Å². The molecular weight excluding hydrogens is 370 g/mol. The second kappa shape index (κ2) is 6.52. The van der Waals surface area contributed by atoms with Crippen LogP contribution in [0.15, 0.2) is 30.7 Å². The normalized spacial score (nSPS) is 26.0. The molecule has 0 unspecified atom stereocenters. The monoisotopic (exact) mass is 399 g/mol. The van der Waals surface area contributed by atoms with E-state index < -0.39 is 13.9 Å². The van der Waals surface area contributed by atoms with Gasteiger partial charge in [-0.3, -0.25) is 4.79 Å². The lowest BCUT2D eigenvalue weighted by Crippen LogP contribution is -2.48. The predicted molar refractivity (Wildman–Crippen MR) is 110 cm³/mol. The molecule has 3 heterocycles. The van der Waals surface area contributed by atoms with E-state index in [0.717, 1.165) is 24.1 Å². The summed E-state index contributed by atoms with van der Waals surface area (Å²) in [6.45, 7) is 11.4. The first-order valence-corrected chi connectivity index (χ1v) is 12.9. The average molecular weight is 400 g/mol. The topological polar surface area (TPSA) is 65.7 Å². The summed E-state index contributed by atoms with van der Waals surface area (Å²) in [4.78, 5) is 17.0. The van der Waals surface area contributed by atoms with E-state index in [9.17, 15) is 4.79 Å². The second-order valence-electron chi connectivity index (χ2n) is 9.53. The van der Waals surface area contributed by atoms with E-state index in [1.165, 1.54) is 6.33 Å². The molecule has 0 N–H and O–H groups in total. The maximum absolute atomic E-state index is 12.8. The first kappa shape index (κ1) is 19.3. The van der Waals surface area contributed by atoms with E-state index in [2.05, 4.69) is 43.9 Å². The van der Waals surface area contributed by atoms with Gasteiger partial charge in [0.15, 0.2) is 19.6 Å². The largest absolute Gasteiger partial charge is 0.478 e. The summed E-state index contributed by atoms with van der Waals surface area (Å²) in [5.41, 5.74) is 0.898. The molecule has 1 aliphatic heterocycles. The fourth-order valence-corrected chi connectivity index (χ4v) is 5.19. The number of pyridine rings is 1. The molecule has 7 heteroatoms. The number of carbonyl (C=O) groups is 1. The summed E-state index contributed by atoms with van der Waals surface area (Å²) in [5, 5.41) is 4.35. The van der Waals surface area contributed by atoms with Gasteiger partial charge in [0.05, 0.1) is 0 Å². The molecule has 0 saturated heterocycles. The quantitative estimate of drug-likeness (QED) is 0.717. The van der Waals surface area contributed by atoms with Crippen LogP contribution < -0.4 is 0 Å². The Kier molecular flexibility index (Phi) is 4.50. The Morgan fingerprint density at radius 1 is 1.25 bits per heavy atom. The fraction of sp³-hybridized carbons (Fsp3) is 0.571. The molecule has 2 aromatic rings. The third kappa shape index (κ3) is 3.31. The minimum absolute atomic E-state index is 0.0759. The summed E-state index contributed by atoms with van der Waals surface area (Å²) < 4.78 is 14.5. The Hall–Kier alpha value is -1.99. The molecule has 1 spiro atoms. The average Bonchev–Trinajstić information content (AvgIpc) is 3.20. The molecule has 4 rings (SSSR count). The third-order valence-corrected chi connectivity index (χ3v) is 11.1. The number of nitrogens with zero attached hydrogens (tertiary/aromatic N) is 3. The number of aromatic nitrogens is 3. The number of carbonyl (C=O) groups excluding carboxylic acids is 1. The van der Waals surface area contributed by atoms with Crippen LogP contribution in [0.4, 0.5) is 0 Å². The molecule has 150 valence electrons. The third-order valence-electron chi connectivity index (χ3n) is 6.58. The minimum atomic E-state index is -1.80. The van der Waals surface area contributed by atoms with Gasteiger partial charge in [0.2, 0.25) is 5.78 Å². The van der Waals surface area contributed by atoms with Gasteiger partial charge in [-0.2, -0.15) is 5.10 Å². The highest BCUT2D eigenvalue weighted by Crippen LogP contribution is 2.44. The standard InChI is InChI=1S/C21H29N3O3Si/c1-20(2,3)28(4,5)27-16-8-10-21(11-9-16)18(25)12-17(26-21)15-6-7-19-22-14-23-24(19)13-15/h6-7,12-14,16H,8-11H2,1-5H3. The number of hydrogen-bond acceptors (Lipinski definition) is 5. The van der Waals surface area contributed by atoms with E-state index in [4.69, 9.17) is 9.16 Å². The highest BCUT2D eigenvalue weighted by molar-refractivity contribution is 6.74. The maximum atomic E-state index is 12.8. The molecule has 0 atom stereocenters. The van der Waals surface area contributed by atoms with Crippen molar-refractivity contribution in [2.45, 2.75) is 76.3 Å². The molecule has 2 aromatic heterocycles. The van der Waals surface area contributed by atoms with Crippen molar-refractivity contribution in [2.24, 2.45) is 0 Å². The molecular formula is C21H29N3O3Si. The van der Waals surface area contributed by atoms with Crippen LogP contribution in [0.3, 0.4) is 0 Å². The zero-order valence-electron chi connectivity index (χ0n) is 17.4. The molecule has 28 heavy (non-hydrogen) atoms. The van der Waals surface area contributed by atoms with Crippen LogP contribution >= 0.6 is 0 Å². The van der Waals surface area contributed by atoms with Crippen LogP contribution in [-0.4, -0.2) is 40.4 Å². The van der Waals surface area contributed by atoms with Crippen LogP contribution in [0, 0.1) is 0 Å². The summed E-state index contributed by atoms with van der Waals surface area (Å²) in [6.07, 6.45) is 8.37. The van der Waals surface area contributed by atoms with Crippen LogP contribution in [0.1, 0.15) is 52.0 Å². The van der Waals surface area contributed by atoms with Crippen molar-refractivity contribution in [3.05, 3.63) is 36.3 Å². The molecule has 0 bridgehead atoms. The molecule has 0 amide bonds. The molecule has 1 aliphatic carbocycles. The molecule has 0 radical (unpaired) electrons. The zero-order chi connectivity index (χ0) is 20.2. The summed E-state index contributed by atoms with van der Waals surface area (Å²) >= 11 is 0. The lowest BCUT2D eigenvalue weighted by molar-refractivity contribution is -0.133. The highest BCUT2D eigenvalue weighted by atomic mass is 28.4. The van der Waals surface area contributed by atoms with Crippen LogP contribution in [0.25, 0.3) is 11.4 Å². The first-order valence-electron chi connectivity index (χ1n) is 10.0. The Morgan fingerprint density at radius 3 is 2.64 bits per heavy atom. The fourth-order valence-electron chi connectivity index (χ4n) is 3.76. The van der Waals surface area contributed by atoms with Gasteiger partial charge in [-0.1, -0.05) is 20.8 Å². The van der Waals surface area contributed by atoms with Crippen molar-refractivity contribution >= 4 is 25.5 Å². The molecule has 0 aromatic carbocycles. The molecule has 6 nitrogen and oxygen atoms in total. The number of fused-ring (bicyclic) bond motifs is 1. The van der Waals surface area contributed by atoms with Gasteiger partial charge >= 0.3 is 0 Å². The zero-order valence-corrected chi connectivity index (χ0v) is 18.4. The highest BCUT2D eigenvalue weighted by Gasteiger charge is 2.49. The Labute approximate surface area is 167 Å². The van der Waals surface area contributed by atoms with Crippen molar-refractivity contribution in [1.29, 1.82) is 0 Å². The van der Waals surface area contributed by atoms with Crippen LogP contribution in [-0.2, 0) is 14.0 Å². The molecule has 1 saturated carbocycles. The Morgan fingerprint density at radius 2 is 1.96 bits per heavy atom. The summed E-state index contributed by atoms with van der Waals surface area (Å²) in [5.74, 6) is 0.707. The van der Waals surface area contributed by atoms with Crippen molar-refractivity contribution in [1.82, 2.24) is 14.6 Å². The molecule has 1 fully saturated rings. The van der Waals surface area contributed by atoms with Crippen molar-refractivity contribution in [2.75, 3.05) is 0 Å². The number of ketones is 1.